The van der Waals surface area contributed by atoms with E-state index in [4.69, 9.17) is 9.84 Å². The number of hydrogen-bond acceptors (Lipinski definition) is 8. The van der Waals surface area contributed by atoms with E-state index in [1.54, 1.807) is 35.6 Å². The number of ether oxygens (including phenoxy) is 1. The second kappa shape index (κ2) is 8.99. The molecule has 6 rings (SSSR count). The van der Waals surface area contributed by atoms with Crippen molar-refractivity contribution < 1.29 is 9.53 Å². The number of aromatic nitrogens is 5. The van der Waals surface area contributed by atoms with E-state index >= 15 is 0 Å². The lowest BCUT2D eigenvalue weighted by Gasteiger charge is -2.04. The number of esters is 1. The fraction of sp³-hybridized carbons (Fsp3) is 0.0385. The fourth-order valence-electron chi connectivity index (χ4n) is 3.79. The summed E-state index contributed by atoms with van der Waals surface area (Å²) in [7, 11) is 0. The summed E-state index contributed by atoms with van der Waals surface area (Å²) in [5, 5.41) is 11.2. The minimum absolute atomic E-state index is 0.275. The molecular formula is C26H17N5O3S2. The highest BCUT2D eigenvalue weighted by atomic mass is 32.1. The summed E-state index contributed by atoms with van der Waals surface area (Å²) in [6.45, 7) is 1.33. The molecule has 36 heavy (non-hydrogen) atoms. The Morgan fingerprint density at radius 3 is 2.56 bits per heavy atom. The van der Waals surface area contributed by atoms with E-state index in [1.165, 1.54) is 22.8 Å². The summed E-state index contributed by atoms with van der Waals surface area (Å²) in [4.78, 5) is 30.7. The van der Waals surface area contributed by atoms with Gasteiger partial charge in [0.2, 0.25) is 4.96 Å². The van der Waals surface area contributed by atoms with Crippen LogP contribution in [0.15, 0.2) is 83.1 Å². The SMILES string of the molecule is CC(=O)Oc1ccccc1-c1nc2sc(=Cc3cn(-c4ccccc4)nc3-c3cccs3)c(=O)n2n1. The normalized spacial score (nSPS) is 11.9. The van der Waals surface area contributed by atoms with E-state index in [0.29, 0.717) is 26.6 Å². The summed E-state index contributed by atoms with van der Waals surface area (Å²) >= 11 is 2.83. The maximum atomic E-state index is 13.2. The molecule has 0 aliphatic carbocycles. The molecule has 4 heterocycles. The Kier molecular flexibility index (Phi) is 5.51. The van der Waals surface area contributed by atoms with Crippen molar-refractivity contribution in [2.24, 2.45) is 0 Å². The van der Waals surface area contributed by atoms with E-state index in [0.717, 1.165) is 21.8 Å². The summed E-state index contributed by atoms with van der Waals surface area (Å²) in [6, 6.07) is 20.8. The Bertz CT molecular complexity index is 1820. The number of thiazole rings is 1. The van der Waals surface area contributed by atoms with Crippen molar-refractivity contribution in [3.8, 4) is 33.4 Å². The highest BCUT2D eigenvalue weighted by molar-refractivity contribution is 7.15. The molecule has 0 aliphatic heterocycles. The highest BCUT2D eigenvalue weighted by Crippen LogP contribution is 2.29. The van der Waals surface area contributed by atoms with Gasteiger partial charge in [0.05, 0.1) is 20.7 Å². The predicted octanol–water partition coefficient (Wildman–Crippen LogP) is 4.21. The largest absolute Gasteiger partial charge is 0.426 e. The topological polar surface area (TPSA) is 91.4 Å². The Balaban J connectivity index is 1.46. The number of benzene rings is 2. The third-order valence-electron chi connectivity index (χ3n) is 5.37. The van der Waals surface area contributed by atoms with E-state index < -0.39 is 5.97 Å². The van der Waals surface area contributed by atoms with Gasteiger partial charge in [0.1, 0.15) is 11.4 Å². The molecule has 0 aliphatic rings. The second-order valence-corrected chi connectivity index (χ2v) is 9.78. The van der Waals surface area contributed by atoms with Gasteiger partial charge < -0.3 is 4.74 Å². The van der Waals surface area contributed by atoms with Crippen LogP contribution in [0.1, 0.15) is 12.5 Å². The van der Waals surface area contributed by atoms with Crippen LogP contribution >= 0.6 is 22.7 Å². The minimum atomic E-state index is -0.442. The average molecular weight is 512 g/mol. The van der Waals surface area contributed by atoms with Gasteiger partial charge in [-0.15, -0.1) is 16.4 Å². The number of carbonyl (C=O) groups excluding carboxylic acids is 1. The van der Waals surface area contributed by atoms with Crippen molar-refractivity contribution in [2.75, 3.05) is 0 Å². The highest BCUT2D eigenvalue weighted by Gasteiger charge is 2.17. The van der Waals surface area contributed by atoms with Crippen LogP contribution in [0.4, 0.5) is 0 Å². The first-order chi connectivity index (χ1) is 17.6. The van der Waals surface area contributed by atoms with Crippen LogP contribution < -0.4 is 14.8 Å². The molecule has 0 atom stereocenters. The Morgan fingerprint density at radius 1 is 1.00 bits per heavy atom. The smallest absolute Gasteiger partial charge is 0.308 e. The monoisotopic (exact) mass is 511 g/mol. The molecule has 2 aromatic carbocycles. The Hall–Kier alpha value is -4.41. The fourth-order valence-corrected chi connectivity index (χ4v) is 5.42. The molecular weight excluding hydrogens is 494 g/mol. The van der Waals surface area contributed by atoms with Crippen LogP contribution in [-0.2, 0) is 4.79 Å². The van der Waals surface area contributed by atoms with E-state index in [1.807, 2.05) is 64.8 Å². The van der Waals surface area contributed by atoms with Crippen LogP contribution in [0.3, 0.4) is 0 Å². The quantitative estimate of drug-likeness (QED) is 0.254. The molecule has 10 heteroatoms. The molecule has 0 saturated carbocycles. The minimum Gasteiger partial charge on any atom is -0.426 e. The number of thiophene rings is 1. The molecule has 176 valence electrons. The van der Waals surface area contributed by atoms with Crippen LogP contribution in [-0.4, -0.2) is 30.3 Å². The van der Waals surface area contributed by atoms with Crippen LogP contribution in [0.2, 0.25) is 0 Å². The predicted molar refractivity (Wildman–Crippen MR) is 140 cm³/mol. The van der Waals surface area contributed by atoms with Gasteiger partial charge in [0.25, 0.3) is 5.56 Å². The summed E-state index contributed by atoms with van der Waals surface area (Å²) in [5.74, 6) is 0.219. The molecule has 8 nitrogen and oxygen atoms in total. The number of nitrogens with zero attached hydrogens (tertiary/aromatic N) is 5. The van der Waals surface area contributed by atoms with Gasteiger partial charge >= 0.3 is 5.97 Å². The maximum absolute atomic E-state index is 13.2. The first-order valence-electron chi connectivity index (χ1n) is 10.9. The first-order valence-corrected chi connectivity index (χ1v) is 12.6. The lowest BCUT2D eigenvalue weighted by molar-refractivity contribution is -0.131. The first kappa shape index (κ1) is 22.1. The number of fused-ring (bicyclic) bond motifs is 1. The molecule has 4 aromatic heterocycles. The van der Waals surface area contributed by atoms with Gasteiger partial charge in [0, 0.05) is 18.7 Å². The van der Waals surface area contributed by atoms with Crippen molar-refractivity contribution in [3.05, 3.63) is 98.8 Å². The summed E-state index contributed by atoms with van der Waals surface area (Å²) in [5.41, 5.74) is 2.81. The van der Waals surface area contributed by atoms with Gasteiger partial charge in [-0.25, -0.2) is 4.68 Å². The molecule has 0 saturated heterocycles. The lowest BCUT2D eigenvalue weighted by atomic mass is 10.2. The number of rotatable bonds is 5. The molecule has 0 spiro atoms. The molecule has 0 bridgehead atoms. The third-order valence-corrected chi connectivity index (χ3v) is 7.20. The average Bonchev–Trinajstić information content (AvgIpc) is 3.66. The molecule has 0 unspecified atom stereocenters. The van der Waals surface area contributed by atoms with Gasteiger partial charge in [-0.05, 0) is 41.8 Å². The molecule has 0 fully saturated rings. The Labute approximate surface area is 212 Å². The number of carbonyl (C=O) groups is 1. The summed E-state index contributed by atoms with van der Waals surface area (Å²) < 4.78 is 8.86. The van der Waals surface area contributed by atoms with Crippen molar-refractivity contribution in [2.45, 2.75) is 6.92 Å². The molecule has 0 radical (unpaired) electrons. The van der Waals surface area contributed by atoms with Crippen LogP contribution in [0.5, 0.6) is 5.75 Å². The molecule has 6 aromatic rings. The third kappa shape index (κ3) is 4.02. The molecule has 0 N–H and O–H groups in total. The molecule has 0 amide bonds. The van der Waals surface area contributed by atoms with E-state index in [9.17, 15) is 9.59 Å². The summed E-state index contributed by atoms with van der Waals surface area (Å²) in [6.07, 6.45) is 3.75. The lowest BCUT2D eigenvalue weighted by Crippen LogP contribution is -2.23. The Morgan fingerprint density at radius 2 is 1.81 bits per heavy atom. The zero-order valence-corrected chi connectivity index (χ0v) is 20.5. The van der Waals surface area contributed by atoms with Crippen LogP contribution in [0.25, 0.3) is 38.7 Å². The van der Waals surface area contributed by atoms with Crippen LogP contribution in [0, 0.1) is 0 Å². The zero-order valence-electron chi connectivity index (χ0n) is 18.9. The maximum Gasteiger partial charge on any atom is 0.308 e. The van der Waals surface area contributed by atoms with Crippen molar-refractivity contribution >= 4 is 39.7 Å². The van der Waals surface area contributed by atoms with E-state index in [-0.39, 0.29) is 5.56 Å². The van der Waals surface area contributed by atoms with Crippen molar-refractivity contribution in [1.29, 1.82) is 0 Å². The number of hydrogen-bond donors (Lipinski definition) is 0. The number of para-hydroxylation sites is 2. The standard InChI is InChI=1S/C26H17N5O3S2/c1-16(32)34-20-11-6-5-10-19(20)24-27-26-31(29-24)25(33)22(36-26)14-17-15-30(18-8-3-2-4-9-18)28-23(17)21-12-7-13-35-21/h2-15H,1H3. The van der Waals surface area contributed by atoms with Gasteiger partial charge in [0.15, 0.2) is 5.82 Å². The van der Waals surface area contributed by atoms with E-state index in [2.05, 4.69) is 10.1 Å². The van der Waals surface area contributed by atoms with Gasteiger partial charge in [-0.2, -0.15) is 14.6 Å². The second-order valence-electron chi connectivity index (χ2n) is 7.83. The van der Waals surface area contributed by atoms with Crippen molar-refractivity contribution in [1.82, 2.24) is 24.4 Å². The van der Waals surface area contributed by atoms with Crippen molar-refractivity contribution in [3.63, 3.8) is 0 Å². The van der Waals surface area contributed by atoms with Gasteiger partial charge in [-0.3, -0.25) is 9.59 Å². The van der Waals surface area contributed by atoms with Gasteiger partial charge in [-0.1, -0.05) is 47.7 Å². The zero-order chi connectivity index (χ0) is 24.6.